The molecule has 2 N–H and O–H groups in total. The van der Waals surface area contributed by atoms with Crippen LogP contribution in [0.3, 0.4) is 0 Å². The van der Waals surface area contributed by atoms with Crippen LogP contribution in [0.2, 0.25) is 0 Å². The molecule has 5 heteroatoms. The molecule has 0 atom stereocenters. The van der Waals surface area contributed by atoms with Gasteiger partial charge >= 0.3 is 0 Å². The van der Waals surface area contributed by atoms with Gasteiger partial charge in [-0.1, -0.05) is 6.92 Å². The minimum absolute atomic E-state index is 0.00796. The van der Waals surface area contributed by atoms with E-state index >= 15 is 0 Å². The molecule has 0 radical (unpaired) electrons. The van der Waals surface area contributed by atoms with E-state index in [0.29, 0.717) is 26.3 Å². The average molecular weight is 232 g/mol. The van der Waals surface area contributed by atoms with E-state index in [1.54, 1.807) is 0 Å². The highest BCUT2D eigenvalue weighted by Gasteiger charge is 2.07. The topological polar surface area (TPSA) is 59.6 Å². The van der Waals surface area contributed by atoms with E-state index in [0.717, 1.165) is 13.0 Å². The molecule has 0 saturated heterocycles. The average Bonchev–Trinajstić information content (AvgIpc) is 2.27. The van der Waals surface area contributed by atoms with Crippen molar-refractivity contribution >= 4 is 5.91 Å². The molecular weight excluding hydrogens is 208 g/mol. The SMILES string of the molecule is CCCNC(=O)CNCC(OCC)OCC. The Balaban J connectivity index is 3.55. The van der Waals surface area contributed by atoms with Crippen LogP contribution in [0.1, 0.15) is 27.2 Å². The molecule has 0 heterocycles. The number of nitrogens with one attached hydrogen (secondary N) is 2. The van der Waals surface area contributed by atoms with Crippen molar-refractivity contribution in [2.75, 3.05) is 32.8 Å². The molecule has 96 valence electrons. The van der Waals surface area contributed by atoms with Crippen molar-refractivity contribution in [3.05, 3.63) is 0 Å². The van der Waals surface area contributed by atoms with Gasteiger partial charge in [0.1, 0.15) is 0 Å². The van der Waals surface area contributed by atoms with E-state index in [-0.39, 0.29) is 12.2 Å². The fourth-order valence-electron chi connectivity index (χ4n) is 1.17. The first-order chi connectivity index (χ1) is 7.74. The summed E-state index contributed by atoms with van der Waals surface area (Å²) in [6.07, 6.45) is 0.681. The van der Waals surface area contributed by atoms with Gasteiger partial charge in [-0.25, -0.2) is 0 Å². The van der Waals surface area contributed by atoms with E-state index in [1.165, 1.54) is 0 Å². The number of carbonyl (C=O) groups excluding carboxylic acids is 1. The maximum absolute atomic E-state index is 11.2. The van der Waals surface area contributed by atoms with Crippen LogP contribution in [0.25, 0.3) is 0 Å². The molecule has 0 aromatic heterocycles. The third-order valence-corrected chi connectivity index (χ3v) is 1.87. The quantitative estimate of drug-likeness (QED) is 0.539. The highest BCUT2D eigenvalue weighted by molar-refractivity contribution is 5.77. The van der Waals surface area contributed by atoms with Crippen LogP contribution in [-0.2, 0) is 14.3 Å². The lowest BCUT2D eigenvalue weighted by molar-refractivity contribution is -0.134. The molecule has 0 aromatic rings. The summed E-state index contributed by atoms with van der Waals surface area (Å²) >= 11 is 0. The molecule has 0 aliphatic rings. The number of carbonyl (C=O) groups is 1. The summed E-state index contributed by atoms with van der Waals surface area (Å²) < 4.78 is 10.7. The zero-order valence-electron chi connectivity index (χ0n) is 10.5. The summed E-state index contributed by atoms with van der Waals surface area (Å²) in [6.45, 7) is 8.62. The highest BCUT2D eigenvalue weighted by atomic mass is 16.7. The predicted molar refractivity (Wildman–Crippen MR) is 63.2 cm³/mol. The second-order valence-electron chi connectivity index (χ2n) is 3.32. The Bertz CT molecular complexity index is 171. The van der Waals surface area contributed by atoms with E-state index in [9.17, 15) is 4.79 Å². The van der Waals surface area contributed by atoms with E-state index in [4.69, 9.17) is 9.47 Å². The van der Waals surface area contributed by atoms with E-state index in [2.05, 4.69) is 10.6 Å². The van der Waals surface area contributed by atoms with Crippen molar-refractivity contribution in [2.24, 2.45) is 0 Å². The van der Waals surface area contributed by atoms with Gasteiger partial charge in [0.25, 0.3) is 0 Å². The maximum atomic E-state index is 11.2. The Morgan fingerprint density at radius 1 is 1.19 bits per heavy atom. The lowest BCUT2D eigenvalue weighted by Gasteiger charge is -2.17. The molecule has 0 bridgehead atoms. The van der Waals surface area contributed by atoms with Crippen molar-refractivity contribution in [1.29, 1.82) is 0 Å². The van der Waals surface area contributed by atoms with Crippen LogP contribution in [-0.4, -0.2) is 45.0 Å². The monoisotopic (exact) mass is 232 g/mol. The van der Waals surface area contributed by atoms with Crippen LogP contribution < -0.4 is 10.6 Å². The molecule has 5 nitrogen and oxygen atoms in total. The first-order valence-corrected chi connectivity index (χ1v) is 5.95. The van der Waals surface area contributed by atoms with Gasteiger partial charge in [0.15, 0.2) is 6.29 Å². The summed E-state index contributed by atoms with van der Waals surface area (Å²) in [5.74, 6) is 0.00796. The lowest BCUT2D eigenvalue weighted by atomic mass is 10.4. The zero-order chi connectivity index (χ0) is 12.2. The molecule has 0 saturated carbocycles. The molecule has 0 unspecified atom stereocenters. The normalized spacial score (nSPS) is 10.8. The number of hydrogen-bond acceptors (Lipinski definition) is 4. The van der Waals surface area contributed by atoms with Crippen molar-refractivity contribution in [1.82, 2.24) is 10.6 Å². The lowest BCUT2D eigenvalue weighted by Crippen LogP contribution is -2.39. The van der Waals surface area contributed by atoms with Gasteiger partial charge in [-0.05, 0) is 20.3 Å². The second-order valence-corrected chi connectivity index (χ2v) is 3.32. The van der Waals surface area contributed by atoms with Gasteiger partial charge in [0.2, 0.25) is 5.91 Å². The van der Waals surface area contributed by atoms with Gasteiger partial charge < -0.3 is 20.1 Å². The minimum atomic E-state index is -0.269. The second kappa shape index (κ2) is 10.9. The van der Waals surface area contributed by atoms with E-state index < -0.39 is 0 Å². The molecule has 16 heavy (non-hydrogen) atoms. The van der Waals surface area contributed by atoms with Crippen molar-refractivity contribution in [3.63, 3.8) is 0 Å². The van der Waals surface area contributed by atoms with Gasteiger partial charge in [-0.3, -0.25) is 4.79 Å². The number of rotatable bonds is 10. The smallest absolute Gasteiger partial charge is 0.233 e. The molecule has 0 aliphatic carbocycles. The van der Waals surface area contributed by atoms with Crippen LogP contribution in [0, 0.1) is 0 Å². The Labute approximate surface area is 97.9 Å². The molecule has 1 amide bonds. The number of hydrogen-bond donors (Lipinski definition) is 2. The minimum Gasteiger partial charge on any atom is -0.355 e. The standard InChI is InChI=1S/C11H24N2O3/c1-4-7-13-10(14)8-12-9-11(15-5-2)16-6-3/h11-12H,4-9H2,1-3H3,(H,13,14). The summed E-state index contributed by atoms with van der Waals surface area (Å²) in [4.78, 5) is 11.2. The first kappa shape index (κ1) is 15.3. The van der Waals surface area contributed by atoms with Gasteiger partial charge in [0, 0.05) is 26.3 Å². The molecule has 0 fully saturated rings. The fourth-order valence-corrected chi connectivity index (χ4v) is 1.17. The predicted octanol–water partition coefficient (Wildman–Crippen LogP) is 0.501. The molecule has 0 rings (SSSR count). The molecule has 0 aliphatic heterocycles. The van der Waals surface area contributed by atoms with Crippen molar-refractivity contribution in [2.45, 2.75) is 33.5 Å². The van der Waals surface area contributed by atoms with Crippen LogP contribution in [0.15, 0.2) is 0 Å². The van der Waals surface area contributed by atoms with Crippen LogP contribution in [0.4, 0.5) is 0 Å². The van der Waals surface area contributed by atoms with Crippen molar-refractivity contribution < 1.29 is 14.3 Å². The number of amides is 1. The van der Waals surface area contributed by atoms with Crippen molar-refractivity contribution in [3.8, 4) is 0 Å². The fraction of sp³-hybridized carbons (Fsp3) is 0.909. The Morgan fingerprint density at radius 3 is 2.31 bits per heavy atom. The summed E-state index contributed by atoms with van der Waals surface area (Å²) in [5.41, 5.74) is 0. The highest BCUT2D eigenvalue weighted by Crippen LogP contribution is 1.92. The zero-order valence-corrected chi connectivity index (χ0v) is 10.5. The van der Waals surface area contributed by atoms with E-state index in [1.807, 2.05) is 20.8 Å². The van der Waals surface area contributed by atoms with Gasteiger partial charge in [-0.15, -0.1) is 0 Å². The third-order valence-electron chi connectivity index (χ3n) is 1.87. The summed E-state index contributed by atoms with van der Waals surface area (Å²) in [7, 11) is 0. The third kappa shape index (κ3) is 8.64. The summed E-state index contributed by atoms with van der Waals surface area (Å²) in [6, 6.07) is 0. The van der Waals surface area contributed by atoms with Crippen LogP contribution >= 0.6 is 0 Å². The first-order valence-electron chi connectivity index (χ1n) is 5.95. The summed E-state index contributed by atoms with van der Waals surface area (Å²) in [5, 5.41) is 5.79. The van der Waals surface area contributed by atoms with Crippen LogP contribution in [0.5, 0.6) is 0 Å². The van der Waals surface area contributed by atoms with Gasteiger partial charge in [0.05, 0.1) is 6.54 Å². The largest absolute Gasteiger partial charge is 0.355 e. The Morgan fingerprint density at radius 2 is 1.81 bits per heavy atom. The Kier molecular flexibility index (Phi) is 10.4. The molecule has 0 spiro atoms. The molecular formula is C11H24N2O3. The Hall–Kier alpha value is -0.650. The van der Waals surface area contributed by atoms with Gasteiger partial charge in [-0.2, -0.15) is 0 Å². The molecule has 0 aromatic carbocycles. The number of ether oxygens (including phenoxy) is 2. The maximum Gasteiger partial charge on any atom is 0.233 e.